The van der Waals surface area contributed by atoms with Crippen LogP contribution in [-0.2, 0) is 9.53 Å². The molecule has 120 valence electrons. The van der Waals surface area contributed by atoms with Gasteiger partial charge in [-0.15, -0.1) is 5.10 Å². The molecule has 1 amide bonds. The lowest BCUT2D eigenvalue weighted by Gasteiger charge is -2.06. The fraction of sp³-hybridized carbons (Fsp3) is 0.333. The second-order valence-corrected chi connectivity index (χ2v) is 4.25. The maximum absolute atomic E-state index is 8.58. The smallest absolute Gasteiger partial charge is 0.238 e. The van der Waals surface area contributed by atoms with E-state index in [1.807, 2.05) is 49.0 Å². The van der Waals surface area contributed by atoms with Gasteiger partial charge in [-0.05, 0) is 19.1 Å². The minimum Gasteiger partial charge on any atom is -0.474 e. The van der Waals surface area contributed by atoms with E-state index in [9.17, 15) is 0 Å². The van der Waals surface area contributed by atoms with Crippen LogP contribution in [0.4, 0.5) is 5.82 Å². The number of rotatable bonds is 6. The monoisotopic (exact) mass is 306 g/mol. The summed E-state index contributed by atoms with van der Waals surface area (Å²) in [6.07, 6.45) is 0.250. The zero-order chi connectivity index (χ0) is 16.4. The van der Waals surface area contributed by atoms with E-state index in [1.165, 1.54) is 0 Å². The quantitative estimate of drug-likeness (QED) is 0.621. The number of carbonyl (C=O) groups is 1. The van der Waals surface area contributed by atoms with Crippen LogP contribution < -0.4 is 15.8 Å². The minimum absolute atomic E-state index is 0.250. The molecule has 0 spiro atoms. The van der Waals surface area contributed by atoms with E-state index in [0.29, 0.717) is 19.1 Å². The number of para-hydroxylation sites is 1. The first-order valence-corrected chi connectivity index (χ1v) is 6.79. The molecule has 1 heterocycles. The highest BCUT2D eigenvalue weighted by Gasteiger charge is 2.15. The Morgan fingerprint density at radius 1 is 1.32 bits per heavy atom. The topological polar surface area (TPSA) is 91.4 Å². The molecule has 0 aliphatic carbocycles. The number of aromatic nitrogens is 2. The van der Waals surface area contributed by atoms with Gasteiger partial charge in [0.2, 0.25) is 12.3 Å². The van der Waals surface area contributed by atoms with Crippen molar-refractivity contribution < 1.29 is 14.3 Å². The number of nitrogens with two attached hydrogens (primary N) is 1. The van der Waals surface area contributed by atoms with Crippen LogP contribution in [0.3, 0.4) is 0 Å². The van der Waals surface area contributed by atoms with Gasteiger partial charge < -0.3 is 20.5 Å². The third-order valence-corrected chi connectivity index (χ3v) is 2.84. The summed E-state index contributed by atoms with van der Waals surface area (Å²) in [4.78, 5) is 8.58. The molecular formula is C15H22N4O3. The third-order valence-electron chi connectivity index (χ3n) is 2.84. The highest BCUT2D eigenvalue weighted by molar-refractivity contribution is 5.54. The zero-order valence-electron chi connectivity index (χ0n) is 13.1. The number of benzene rings is 1. The summed E-state index contributed by atoms with van der Waals surface area (Å²) in [6, 6.07) is 9.96. The third kappa shape index (κ3) is 4.49. The molecule has 0 aliphatic heterocycles. The van der Waals surface area contributed by atoms with Gasteiger partial charge in [-0.1, -0.05) is 18.2 Å². The van der Waals surface area contributed by atoms with Crippen molar-refractivity contribution in [2.45, 2.75) is 6.92 Å². The van der Waals surface area contributed by atoms with Gasteiger partial charge in [0.1, 0.15) is 12.4 Å². The van der Waals surface area contributed by atoms with Crippen molar-refractivity contribution in [2.75, 3.05) is 32.7 Å². The number of methoxy groups -OCH3 is 1. The van der Waals surface area contributed by atoms with E-state index in [1.54, 1.807) is 7.11 Å². The van der Waals surface area contributed by atoms with Crippen LogP contribution in [0.25, 0.3) is 5.69 Å². The Bertz CT molecular complexity index is 570. The van der Waals surface area contributed by atoms with Crippen LogP contribution in [-0.4, -0.2) is 43.6 Å². The summed E-state index contributed by atoms with van der Waals surface area (Å²) < 4.78 is 12.4. The molecule has 0 aliphatic rings. The molecule has 1 aromatic heterocycles. The standard InChI is InChI=1S/C14H19N3O2.CH3NO/c1-11-13(15-2)17(12-7-5-4-6-8-12)16-14(11)19-10-9-18-3;2-1-3/h4-8,15H,9-10H2,1-3H3;1H,(H2,2,3). The summed E-state index contributed by atoms with van der Waals surface area (Å²) in [5.41, 5.74) is 6.15. The summed E-state index contributed by atoms with van der Waals surface area (Å²) in [5.74, 6) is 1.56. The summed E-state index contributed by atoms with van der Waals surface area (Å²) >= 11 is 0. The summed E-state index contributed by atoms with van der Waals surface area (Å²) in [5, 5.41) is 7.66. The van der Waals surface area contributed by atoms with Gasteiger partial charge in [0.05, 0.1) is 17.9 Å². The SMILES string of the molecule is CNc1c(C)c(OCCOC)nn1-c1ccccc1.NC=O. The number of nitrogens with one attached hydrogen (secondary N) is 1. The van der Waals surface area contributed by atoms with Crippen LogP contribution in [0.1, 0.15) is 5.56 Å². The van der Waals surface area contributed by atoms with E-state index >= 15 is 0 Å². The van der Waals surface area contributed by atoms with Crippen LogP contribution in [0.2, 0.25) is 0 Å². The van der Waals surface area contributed by atoms with Crippen molar-refractivity contribution in [3.8, 4) is 11.6 Å². The van der Waals surface area contributed by atoms with Crippen molar-refractivity contribution in [3.63, 3.8) is 0 Å². The summed E-state index contributed by atoms with van der Waals surface area (Å²) in [6.45, 7) is 3.03. The lowest BCUT2D eigenvalue weighted by Crippen LogP contribution is -2.05. The predicted molar refractivity (Wildman–Crippen MR) is 85.5 cm³/mol. The molecule has 0 bridgehead atoms. The molecular weight excluding hydrogens is 284 g/mol. The van der Waals surface area contributed by atoms with Crippen molar-refractivity contribution in [1.82, 2.24) is 9.78 Å². The number of carbonyl (C=O) groups excluding carboxylic acids is 1. The molecule has 0 saturated heterocycles. The number of anilines is 1. The first-order valence-electron chi connectivity index (χ1n) is 6.79. The molecule has 3 N–H and O–H groups in total. The average molecular weight is 306 g/mol. The van der Waals surface area contributed by atoms with Crippen molar-refractivity contribution >= 4 is 12.2 Å². The molecule has 0 fully saturated rings. The molecule has 7 nitrogen and oxygen atoms in total. The van der Waals surface area contributed by atoms with Gasteiger partial charge in [-0.25, -0.2) is 4.68 Å². The van der Waals surface area contributed by atoms with Gasteiger partial charge in [0, 0.05) is 14.2 Å². The van der Waals surface area contributed by atoms with Crippen molar-refractivity contribution in [2.24, 2.45) is 5.73 Å². The maximum Gasteiger partial charge on any atom is 0.238 e. The van der Waals surface area contributed by atoms with Crippen LogP contribution in [0, 0.1) is 6.92 Å². The number of primary amides is 1. The number of amides is 1. The molecule has 7 heteroatoms. The first kappa shape index (κ1) is 17.5. The molecule has 0 unspecified atom stereocenters. The fourth-order valence-corrected chi connectivity index (χ4v) is 1.88. The molecule has 2 rings (SSSR count). The van der Waals surface area contributed by atoms with E-state index < -0.39 is 0 Å². The van der Waals surface area contributed by atoms with Gasteiger partial charge >= 0.3 is 0 Å². The molecule has 0 saturated carbocycles. The molecule has 1 aromatic carbocycles. The van der Waals surface area contributed by atoms with Gasteiger partial charge in [-0.3, -0.25) is 4.79 Å². The second kappa shape index (κ2) is 9.41. The van der Waals surface area contributed by atoms with Crippen LogP contribution >= 0.6 is 0 Å². The van der Waals surface area contributed by atoms with Gasteiger partial charge in [-0.2, -0.15) is 0 Å². The van der Waals surface area contributed by atoms with Gasteiger partial charge in [0.25, 0.3) is 0 Å². The van der Waals surface area contributed by atoms with E-state index in [2.05, 4.69) is 16.1 Å². The Hall–Kier alpha value is -2.54. The van der Waals surface area contributed by atoms with E-state index in [4.69, 9.17) is 14.3 Å². The van der Waals surface area contributed by atoms with Crippen molar-refractivity contribution in [1.29, 1.82) is 0 Å². The van der Waals surface area contributed by atoms with E-state index in [0.717, 1.165) is 17.1 Å². The Labute approximate surface area is 130 Å². The average Bonchev–Trinajstić information content (AvgIpc) is 2.85. The zero-order valence-corrected chi connectivity index (χ0v) is 13.1. The first-order chi connectivity index (χ1) is 10.7. The van der Waals surface area contributed by atoms with E-state index in [-0.39, 0.29) is 6.41 Å². The van der Waals surface area contributed by atoms with Crippen LogP contribution in [0.15, 0.2) is 30.3 Å². The lowest BCUT2D eigenvalue weighted by atomic mass is 10.3. The van der Waals surface area contributed by atoms with Gasteiger partial charge in [0.15, 0.2) is 0 Å². The molecule has 0 atom stereocenters. The fourth-order valence-electron chi connectivity index (χ4n) is 1.88. The van der Waals surface area contributed by atoms with Crippen molar-refractivity contribution in [3.05, 3.63) is 35.9 Å². The highest BCUT2D eigenvalue weighted by atomic mass is 16.5. The Balaban J connectivity index is 0.000000745. The lowest BCUT2D eigenvalue weighted by molar-refractivity contribution is -0.106. The second-order valence-electron chi connectivity index (χ2n) is 4.25. The maximum atomic E-state index is 8.58. The highest BCUT2D eigenvalue weighted by Crippen LogP contribution is 2.27. The Morgan fingerprint density at radius 3 is 2.50 bits per heavy atom. The Morgan fingerprint density at radius 2 is 1.95 bits per heavy atom. The summed E-state index contributed by atoms with van der Waals surface area (Å²) in [7, 11) is 3.53. The predicted octanol–water partition coefficient (Wildman–Crippen LogP) is 1.35. The largest absolute Gasteiger partial charge is 0.474 e. The molecule has 0 radical (unpaired) electrons. The Kier molecular flexibility index (Phi) is 7.49. The van der Waals surface area contributed by atoms with Crippen LogP contribution in [0.5, 0.6) is 5.88 Å². The number of nitrogens with zero attached hydrogens (tertiary/aromatic N) is 2. The number of ether oxygens (including phenoxy) is 2. The number of hydrogen-bond acceptors (Lipinski definition) is 5. The molecule has 2 aromatic rings. The molecule has 22 heavy (non-hydrogen) atoms. The normalized spacial score (nSPS) is 9.59. The number of hydrogen-bond donors (Lipinski definition) is 2. The minimum atomic E-state index is 0.250.